The number of rotatable bonds is 5. The molecule has 0 heterocycles. The number of hydrogen-bond donors (Lipinski definition) is 1. The van der Waals surface area contributed by atoms with Crippen LogP contribution in [0.2, 0.25) is 5.02 Å². The summed E-state index contributed by atoms with van der Waals surface area (Å²) < 4.78 is 1.11. The summed E-state index contributed by atoms with van der Waals surface area (Å²) in [4.78, 5) is 0. The molecule has 0 saturated heterocycles. The molecule has 0 aliphatic carbocycles. The van der Waals surface area contributed by atoms with Crippen LogP contribution in [0.1, 0.15) is 22.6 Å². The Hall–Kier alpha value is -0.830. The van der Waals surface area contributed by atoms with Crippen molar-refractivity contribution in [2.75, 3.05) is 13.6 Å². The first-order chi connectivity index (χ1) is 9.60. The Morgan fingerprint density at radius 3 is 2.45 bits per heavy atom. The van der Waals surface area contributed by atoms with Crippen molar-refractivity contribution in [3.05, 3.63) is 68.7 Å². The maximum Gasteiger partial charge on any atom is 0.0440 e. The molecule has 3 heteroatoms. The fraction of sp³-hybridized carbons (Fsp3) is 0.294. The van der Waals surface area contributed by atoms with Crippen molar-refractivity contribution in [1.82, 2.24) is 5.32 Å². The highest BCUT2D eigenvalue weighted by molar-refractivity contribution is 9.10. The lowest BCUT2D eigenvalue weighted by atomic mass is 9.91. The van der Waals surface area contributed by atoms with E-state index in [0.717, 1.165) is 22.5 Å². The van der Waals surface area contributed by atoms with Gasteiger partial charge in [-0.15, -0.1) is 0 Å². The maximum absolute atomic E-state index is 6.36. The minimum Gasteiger partial charge on any atom is -0.319 e. The minimum absolute atomic E-state index is 0.424. The van der Waals surface area contributed by atoms with Crippen molar-refractivity contribution < 1.29 is 0 Å². The second kappa shape index (κ2) is 7.26. The van der Waals surface area contributed by atoms with Crippen molar-refractivity contribution in [3.63, 3.8) is 0 Å². The van der Waals surface area contributed by atoms with E-state index in [-0.39, 0.29) is 0 Å². The summed E-state index contributed by atoms with van der Waals surface area (Å²) in [5.74, 6) is 0.424. The SMILES string of the molecule is CNCC(Cc1ccc(C)cc1Cl)c1ccc(Br)cc1. The fourth-order valence-electron chi connectivity index (χ4n) is 2.37. The van der Waals surface area contributed by atoms with Gasteiger partial charge in [-0.25, -0.2) is 0 Å². The van der Waals surface area contributed by atoms with Gasteiger partial charge in [0.2, 0.25) is 0 Å². The van der Waals surface area contributed by atoms with Crippen LogP contribution >= 0.6 is 27.5 Å². The molecule has 2 aromatic carbocycles. The molecule has 1 N–H and O–H groups in total. The van der Waals surface area contributed by atoms with E-state index in [2.05, 4.69) is 64.6 Å². The Kier molecular flexibility index (Phi) is 5.64. The van der Waals surface area contributed by atoms with Crippen LogP contribution in [0.25, 0.3) is 0 Å². The molecule has 1 nitrogen and oxygen atoms in total. The van der Waals surface area contributed by atoms with Gasteiger partial charge in [0.05, 0.1) is 0 Å². The first-order valence-corrected chi connectivity index (χ1v) is 7.92. The van der Waals surface area contributed by atoms with Crippen LogP contribution in [0.5, 0.6) is 0 Å². The highest BCUT2D eigenvalue weighted by atomic mass is 79.9. The number of halogens is 2. The van der Waals surface area contributed by atoms with E-state index in [9.17, 15) is 0 Å². The molecule has 1 atom stereocenters. The molecule has 0 saturated carbocycles. The summed E-state index contributed by atoms with van der Waals surface area (Å²) in [6.07, 6.45) is 0.946. The molecule has 106 valence electrons. The number of benzene rings is 2. The van der Waals surface area contributed by atoms with E-state index >= 15 is 0 Å². The molecule has 0 amide bonds. The van der Waals surface area contributed by atoms with E-state index in [1.54, 1.807) is 0 Å². The van der Waals surface area contributed by atoms with Crippen molar-refractivity contribution >= 4 is 27.5 Å². The summed E-state index contributed by atoms with van der Waals surface area (Å²) in [6.45, 7) is 3.00. The lowest BCUT2D eigenvalue weighted by Crippen LogP contribution is -2.19. The molecule has 0 aliphatic heterocycles. The van der Waals surface area contributed by atoms with Crippen LogP contribution < -0.4 is 5.32 Å². The van der Waals surface area contributed by atoms with Crippen LogP contribution in [0.15, 0.2) is 46.9 Å². The van der Waals surface area contributed by atoms with Crippen LogP contribution in [0.4, 0.5) is 0 Å². The quantitative estimate of drug-likeness (QED) is 0.802. The summed E-state index contributed by atoms with van der Waals surface area (Å²) >= 11 is 9.84. The Morgan fingerprint density at radius 1 is 1.15 bits per heavy atom. The highest BCUT2D eigenvalue weighted by Crippen LogP contribution is 2.26. The first-order valence-electron chi connectivity index (χ1n) is 6.75. The van der Waals surface area contributed by atoms with Gasteiger partial charge in [0.25, 0.3) is 0 Å². The third kappa shape index (κ3) is 4.08. The zero-order chi connectivity index (χ0) is 14.5. The Bertz CT molecular complexity index is 566. The first kappa shape index (κ1) is 15.6. The molecule has 2 aromatic rings. The van der Waals surface area contributed by atoms with Gasteiger partial charge < -0.3 is 5.32 Å². The number of nitrogens with one attached hydrogen (secondary N) is 1. The molecular formula is C17H19BrClN. The maximum atomic E-state index is 6.36. The highest BCUT2D eigenvalue weighted by Gasteiger charge is 2.13. The number of likely N-dealkylation sites (N-methyl/N-ethyl adjacent to an activating group) is 1. The second-order valence-corrected chi connectivity index (χ2v) is 6.43. The lowest BCUT2D eigenvalue weighted by Gasteiger charge is -2.18. The third-order valence-corrected chi connectivity index (χ3v) is 4.35. The van der Waals surface area contributed by atoms with Crippen LogP contribution in [0.3, 0.4) is 0 Å². The average molecular weight is 353 g/mol. The number of aryl methyl sites for hydroxylation is 1. The summed E-state index contributed by atoms with van der Waals surface area (Å²) in [5.41, 5.74) is 3.74. The molecule has 0 bridgehead atoms. The van der Waals surface area contributed by atoms with E-state index < -0.39 is 0 Å². The van der Waals surface area contributed by atoms with Gasteiger partial charge in [0.1, 0.15) is 0 Å². The van der Waals surface area contributed by atoms with Gasteiger partial charge in [0.15, 0.2) is 0 Å². The fourth-order valence-corrected chi connectivity index (χ4v) is 2.95. The second-order valence-electron chi connectivity index (χ2n) is 5.11. The Morgan fingerprint density at radius 2 is 1.85 bits per heavy atom. The van der Waals surface area contributed by atoms with Crippen LogP contribution in [-0.2, 0) is 6.42 Å². The topological polar surface area (TPSA) is 12.0 Å². The largest absolute Gasteiger partial charge is 0.319 e. The van der Waals surface area contributed by atoms with Gasteiger partial charge in [-0.3, -0.25) is 0 Å². The van der Waals surface area contributed by atoms with E-state index in [1.807, 2.05) is 13.1 Å². The zero-order valence-corrected chi connectivity index (χ0v) is 14.1. The summed E-state index contributed by atoms with van der Waals surface area (Å²) in [6, 6.07) is 14.8. The van der Waals surface area contributed by atoms with E-state index in [1.165, 1.54) is 16.7 Å². The van der Waals surface area contributed by atoms with Crippen molar-refractivity contribution in [2.45, 2.75) is 19.3 Å². The Balaban J connectivity index is 2.22. The lowest BCUT2D eigenvalue weighted by molar-refractivity contribution is 0.626. The van der Waals surface area contributed by atoms with Gasteiger partial charge in [-0.1, -0.05) is 51.8 Å². The number of hydrogen-bond acceptors (Lipinski definition) is 1. The molecular weight excluding hydrogens is 334 g/mol. The summed E-state index contributed by atoms with van der Waals surface area (Å²) in [7, 11) is 1.99. The van der Waals surface area contributed by atoms with E-state index in [4.69, 9.17) is 11.6 Å². The smallest absolute Gasteiger partial charge is 0.0440 e. The molecule has 0 fully saturated rings. The molecule has 0 aliphatic rings. The molecule has 0 spiro atoms. The predicted molar refractivity (Wildman–Crippen MR) is 90.7 cm³/mol. The van der Waals surface area contributed by atoms with Gasteiger partial charge in [-0.05, 0) is 55.3 Å². The Labute approximate surface area is 134 Å². The molecule has 20 heavy (non-hydrogen) atoms. The summed E-state index contributed by atoms with van der Waals surface area (Å²) in [5, 5.41) is 4.14. The van der Waals surface area contributed by atoms with Crippen molar-refractivity contribution in [2.24, 2.45) is 0 Å². The molecule has 0 aromatic heterocycles. The van der Waals surface area contributed by atoms with Gasteiger partial charge >= 0.3 is 0 Å². The average Bonchev–Trinajstić information content (AvgIpc) is 2.42. The van der Waals surface area contributed by atoms with Crippen molar-refractivity contribution in [3.8, 4) is 0 Å². The normalized spacial score (nSPS) is 12.4. The molecule has 1 unspecified atom stereocenters. The van der Waals surface area contributed by atoms with Gasteiger partial charge in [-0.2, -0.15) is 0 Å². The van der Waals surface area contributed by atoms with E-state index in [0.29, 0.717) is 5.92 Å². The molecule has 0 radical (unpaired) electrons. The monoisotopic (exact) mass is 351 g/mol. The van der Waals surface area contributed by atoms with Crippen LogP contribution in [0, 0.1) is 6.92 Å². The molecule has 2 rings (SSSR count). The standard InChI is InChI=1S/C17H19BrClN/c1-12-3-4-14(17(19)9-12)10-15(11-20-2)13-5-7-16(18)8-6-13/h3-9,15,20H,10-11H2,1-2H3. The minimum atomic E-state index is 0.424. The van der Waals surface area contributed by atoms with Crippen molar-refractivity contribution in [1.29, 1.82) is 0 Å². The van der Waals surface area contributed by atoms with Gasteiger partial charge in [0, 0.05) is 22.0 Å². The zero-order valence-electron chi connectivity index (χ0n) is 11.8. The predicted octanol–water partition coefficient (Wildman–Crippen LogP) is 4.96. The third-order valence-electron chi connectivity index (χ3n) is 3.47. The van der Waals surface area contributed by atoms with Crippen LogP contribution in [-0.4, -0.2) is 13.6 Å².